The van der Waals surface area contributed by atoms with Crippen molar-refractivity contribution in [2.45, 2.75) is 25.5 Å². The SMILES string of the molecule is CC(CNS(=O)(=O)Cc1ccccc1C#N)C1CC1. The van der Waals surface area contributed by atoms with E-state index in [-0.39, 0.29) is 5.75 Å². The lowest BCUT2D eigenvalue weighted by molar-refractivity contribution is 0.491. The number of hydrogen-bond donors (Lipinski definition) is 1. The third kappa shape index (κ3) is 4.05. The zero-order valence-corrected chi connectivity index (χ0v) is 11.8. The van der Waals surface area contributed by atoms with Gasteiger partial charge in [-0.25, -0.2) is 13.1 Å². The van der Waals surface area contributed by atoms with Crippen molar-refractivity contribution in [3.63, 3.8) is 0 Å². The minimum Gasteiger partial charge on any atom is -0.215 e. The van der Waals surface area contributed by atoms with E-state index in [1.807, 2.05) is 6.07 Å². The van der Waals surface area contributed by atoms with Crippen LogP contribution in [0.3, 0.4) is 0 Å². The van der Waals surface area contributed by atoms with Gasteiger partial charge in [0, 0.05) is 6.54 Å². The molecular formula is C14H18N2O2S. The second kappa shape index (κ2) is 5.72. The zero-order chi connectivity index (χ0) is 13.9. The zero-order valence-electron chi connectivity index (χ0n) is 11.0. The Bertz CT molecular complexity index is 586. The van der Waals surface area contributed by atoms with Crippen molar-refractivity contribution in [1.82, 2.24) is 4.72 Å². The van der Waals surface area contributed by atoms with Crippen LogP contribution in [-0.2, 0) is 15.8 Å². The summed E-state index contributed by atoms with van der Waals surface area (Å²) in [5.74, 6) is 0.934. The number of nitriles is 1. The molecule has 4 nitrogen and oxygen atoms in total. The van der Waals surface area contributed by atoms with Gasteiger partial charge in [-0.3, -0.25) is 0 Å². The third-order valence-electron chi connectivity index (χ3n) is 3.54. The van der Waals surface area contributed by atoms with Crippen molar-refractivity contribution < 1.29 is 8.42 Å². The van der Waals surface area contributed by atoms with Crippen LogP contribution in [0.2, 0.25) is 0 Å². The highest BCUT2D eigenvalue weighted by atomic mass is 32.2. The fourth-order valence-electron chi connectivity index (χ4n) is 2.10. The minimum absolute atomic E-state index is 0.131. The maximum Gasteiger partial charge on any atom is 0.215 e. The van der Waals surface area contributed by atoms with Crippen LogP contribution in [0.15, 0.2) is 24.3 Å². The molecule has 1 aromatic rings. The van der Waals surface area contributed by atoms with Gasteiger partial charge in [0.25, 0.3) is 0 Å². The summed E-state index contributed by atoms with van der Waals surface area (Å²) in [6.45, 7) is 2.56. The summed E-state index contributed by atoms with van der Waals surface area (Å²) < 4.78 is 26.6. The van der Waals surface area contributed by atoms with Gasteiger partial charge in [0.05, 0.1) is 17.4 Å². The van der Waals surface area contributed by atoms with Crippen LogP contribution >= 0.6 is 0 Å². The average molecular weight is 278 g/mol. The Hall–Kier alpha value is -1.38. The highest BCUT2D eigenvalue weighted by molar-refractivity contribution is 7.88. The molecule has 102 valence electrons. The highest BCUT2D eigenvalue weighted by Gasteiger charge is 2.28. The normalized spacial score (nSPS) is 16.8. The number of benzene rings is 1. The summed E-state index contributed by atoms with van der Waals surface area (Å²) in [7, 11) is -3.37. The minimum atomic E-state index is -3.37. The van der Waals surface area contributed by atoms with Gasteiger partial charge in [-0.15, -0.1) is 0 Å². The number of sulfonamides is 1. The van der Waals surface area contributed by atoms with Gasteiger partial charge < -0.3 is 0 Å². The van der Waals surface area contributed by atoms with Gasteiger partial charge >= 0.3 is 0 Å². The number of hydrogen-bond acceptors (Lipinski definition) is 3. The van der Waals surface area contributed by atoms with Gasteiger partial charge in [-0.05, 0) is 36.3 Å². The maximum atomic E-state index is 12.0. The highest BCUT2D eigenvalue weighted by Crippen LogP contribution is 2.36. The predicted molar refractivity (Wildman–Crippen MR) is 73.7 cm³/mol. The molecule has 0 heterocycles. The molecule has 0 amide bonds. The fraction of sp³-hybridized carbons (Fsp3) is 0.500. The Morgan fingerprint density at radius 2 is 2.11 bits per heavy atom. The Morgan fingerprint density at radius 1 is 1.42 bits per heavy atom. The molecule has 0 bridgehead atoms. The van der Waals surface area contributed by atoms with E-state index in [9.17, 15) is 8.42 Å². The lowest BCUT2D eigenvalue weighted by atomic mass is 10.1. The van der Waals surface area contributed by atoms with E-state index in [2.05, 4.69) is 11.6 Å². The summed E-state index contributed by atoms with van der Waals surface area (Å²) in [5.41, 5.74) is 0.972. The summed E-state index contributed by atoms with van der Waals surface area (Å²) in [6.07, 6.45) is 2.42. The molecule has 0 spiro atoms. The lowest BCUT2D eigenvalue weighted by Gasteiger charge is -2.12. The molecule has 0 radical (unpaired) electrons. The van der Waals surface area contributed by atoms with Crippen molar-refractivity contribution in [3.05, 3.63) is 35.4 Å². The molecule has 2 rings (SSSR count). The second-order valence-electron chi connectivity index (χ2n) is 5.19. The van der Waals surface area contributed by atoms with Gasteiger partial charge in [0.15, 0.2) is 0 Å². The van der Waals surface area contributed by atoms with Gasteiger partial charge in [0.1, 0.15) is 0 Å². The van der Waals surface area contributed by atoms with Gasteiger partial charge in [0.2, 0.25) is 10.0 Å². The lowest BCUT2D eigenvalue weighted by Crippen LogP contribution is -2.30. The maximum absolute atomic E-state index is 12.0. The molecule has 1 aliphatic rings. The molecule has 19 heavy (non-hydrogen) atoms. The first-order valence-electron chi connectivity index (χ1n) is 6.47. The van der Waals surface area contributed by atoms with Gasteiger partial charge in [-0.1, -0.05) is 25.1 Å². The Labute approximate surface area is 114 Å². The number of nitrogens with zero attached hydrogens (tertiary/aromatic N) is 1. The van der Waals surface area contributed by atoms with Crippen LogP contribution < -0.4 is 4.72 Å². The molecule has 1 fully saturated rings. The van der Waals surface area contributed by atoms with Crippen LogP contribution in [0.25, 0.3) is 0 Å². The first-order valence-corrected chi connectivity index (χ1v) is 8.12. The van der Waals surface area contributed by atoms with Crippen molar-refractivity contribution in [2.75, 3.05) is 6.54 Å². The summed E-state index contributed by atoms with van der Waals surface area (Å²) in [6, 6.07) is 8.82. The topological polar surface area (TPSA) is 70.0 Å². The van der Waals surface area contributed by atoms with Crippen LogP contribution in [0.5, 0.6) is 0 Å². The molecule has 0 aliphatic heterocycles. The van der Waals surface area contributed by atoms with Gasteiger partial charge in [-0.2, -0.15) is 5.26 Å². The smallest absolute Gasteiger partial charge is 0.215 e. The third-order valence-corrected chi connectivity index (χ3v) is 4.83. The van der Waals surface area contributed by atoms with E-state index < -0.39 is 10.0 Å². The van der Waals surface area contributed by atoms with Crippen LogP contribution in [0.1, 0.15) is 30.9 Å². The van der Waals surface area contributed by atoms with E-state index in [0.29, 0.717) is 29.5 Å². The molecule has 0 saturated heterocycles. The van der Waals surface area contributed by atoms with E-state index in [1.54, 1.807) is 24.3 Å². The van der Waals surface area contributed by atoms with E-state index in [4.69, 9.17) is 5.26 Å². The molecular weight excluding hydrogens is 260 g/mol. The molecule has 5 heteroatoms. The van der Waals surface area contributed by atoms with Crippen LogP contribution in [-0.4, -0.2) is 15.0 Å². The molecule has 1 saturated carbocycles. The van der Waals surface area contributed by atoms with Crippen LogP contribution in [0, 0.1) is 23.2 Å². The monoisotopic (exact) mass is 278 g/mol. The Kier molecular flexibility index (Phi) is 4.23. The second-order valence-corrected chi connectivity index (χ2v) is 7.00. The summed E-state index contributed by atoms with van der Waals surface area (Å²) in [4.78, 5) is 0. The molecule has 1 atom stereocenters. The molecule has 1 unspecified atom stereocenters. The van der Waals surface area contributed by atoms with E-state index in [0.717, 1.165) is 0 Å². The molecule has 0 aromatic heterocycles. The largest absolute Gasteiger partial charge is 0.215 e. The average Bonchev–Trinajstić information content (AvgIpc) is 3.20. The number of nitrogens with one attached hydrogen (secondary N) is 1. The summed E-state index contributed by atoms with van der Waals surface area (Å²) in [5, 5.41) is 8.95. The van der Waals surface area contributed by atoms with Crippen molar-refractivity contribution in [2.24, 2.45) is 11.8 Å². The van der Waals surface area contributed by atoms with Crippen molar-refractivity contribution in [3.8, 4) is 6.07 Å². The summed E-state index contributed by atoms with van der Waals surface area (Å²) >= 11 is 0. The molecule has 1 aliphatic carbocycles. The standard InChI is InChI=1S/C14H18N2O2S/c1-11(12-6-7-12)9-16-19(17,18)10-14-5-3-2-4-13(14)8-15/h2-5,11-12,16H,6-7,9-10H2,1H3. The van der Waals surface area contributed by atoms with E-state index in [1.165, 1.54) is 12.8 Å². The molecule has 1 aromatic carbocycles. The van der Waals surface area contributed by atoms with Crippen LogP contribution in [0.4, 0.5) is 0 Å². The fourth-order valence-corrected chi connectivity index (χ4v) is 3.38. The number of rotatable bonds is 6. The van der Waals surface area contributed by atoms with Crippen molar-refractivity contribution in [1.29, 1.82) is 5.26 Å². The Morgan fingerprint density at radius 3 is 2.74 bits per heavy atom. The molecule has 1 N–H and O–H groups in total. The predicted octanol–water partition coefficient (Wildman–Crippen LogP) is 2.02. The quantitative estimate of drug-likeness (QED) is 0.865. The first-order chi connectivity index (χ1) is 9.02. The Balaban J connectivity index is 1.98. The van der Waals surface area contributed by atoms with E-state index >= 15 is 0 Å². The van der Waals surface area contributed by atoms with Crippen molar-refractivity contribution >= 4 is 10.0 Å². The first kappa shape index (κ1) is 14.0.